The number of amides is 1. The molecule has 0 radical (unpaired) electrons. The van der Waals surface area contributed by atoms with E-state index in [4.69, 9.17) is 15.9 Å². The summed E-state index contributed by atoms with van der Waals surface area (Å²) in [5.74, 6) is 3.80. The zero-order chi connectivity index (χ0) is 22.8. The second-order valence-corrected chi connectivity index (χ2v) is 8.10. The fourth-order valence-electron chi connectivity index (χ4n) is 4.04. The lowest BCUT2D eigenvalue weighted by atomic mass is 10.1. The molecular weight excluding hydrogens is 420 g/mol. The molecule has 9 nitrogen and oxygen atoms in total. The van der Waals surface area contributed by atoms with E-state index >= 15 is 0 Å². The number of hydrogen-bond donors (Lipinski definition) is 0. The smallest absolute Gasteiger partial charge is 0.298 e. The van der Waals surface area contributed by atoms with Gasteiger partial charge in [0.25, 0.3) is 5.91 Å². The Bertz CT molecular complexity index is 1260. The van der Waals surface area contributed by atoms with Crippen LogP contribution in [0.2, 0.25) is 0 Å². The Morgan fingerprint density at radius 3 is 2.70 bits per heavy atom. The Labute approximate surface area is 191 Å². The van der Waals surface area contributed by atoms with Crippen LogP contribution in [-0.4, -0.2) is 71.4 Å². The van der Waals surface area contributed by atoms with Crippen LogP contribution in [0.5, 0.6) is 5.75 Å². The Kier molecular flexibility index (Phi) is 5.55. The molecule has 3 aromatic heterocycles. The molecule has 2 saturated heterocycles. The number of carbonyl (C=O) groups excluding carboxylic acids is 1. The van der Waals surface area contributed by atoms with E-state index in [1.54, 1.807) is 28.0 Å². The molecule has 0 aromatic carbocycles. The van der Waals surface area contributed by atoms with Gasteiger partial charge < -0.3 is 19.3 Å². The molecule has 5 rings (SSSR count). The molecule has 0 spiro atoms. The molecule has 0 bridgehead atoms. The number of fused-ring (bicyclic) bond motifs is 1. The van der Waals surface area contributed by atoms with Gasteiger partial charge in [-0.2, -0.15) is 10.4 Å². The minimum absolute atomic E-state index is 0.275. The molecule has 0 atom stereocenters. The quantitative estimate of drug-likeness (QED) is 0.554. The van der Waals surface area contributed by atoms with E-state index < -0.39 is 0 Å². The molecule has 0 saturated carbocycles. The van der Waals surface area contributed by atoms with Crippen molar-refractivity contribution in [3.05, 3.63) is 42.4 Å². The highest BCUT2D eigenvalue weighted by atomic mass is 16.5. The van der Waals surface area contributed by atoms with Crippen LogP contribution in [0.15, 0.2) is 36.8 Å². The number of nitriles is 1. The first-order chi connectivity index (χ1) is 16.2. The molecule has 2 aliphatic heterocycles. The molecule has 2 aliphatic rings. The van der Waals surface area contributed by atoms with Gasteiger partial charge in [0.2, 0.25) is 0 Å². The van der Waals surface area contributed by atoms with Crippen molar-refractivity contribution in [2.45, 2.75) is 0 Å². The van der Waals surface area contributed by atoms with E-state index in [0.717, 1.165) is 16.9 Å². The van der Waals surface area contributed by atoms with E-state index in [9.17, 15) is 10.1 Å². The van der Waals surface area contributed by atoms with Crippen LogP contribution in [0, 0.1) is 29.6 Å². The van der Waals surface area contributed by atoms with Crippen LogP contribution in [-0.2, 0) is 9.53 Å². The summed E-state index contributed by atoms with van der Waals surface area (Å²) in [6, 6.07) is 8.07. The van der Waals surface area contributed by atoms with Crippen molar-refractivity contribution in [3.63, 3.8) is 0 Å². The maximum atomic E-state index is 11.7. The first kappa shape index (κ1) is 20.8. The summed E-state index contributed by atoms with van der Waals surface area (Å²) in [5, 5.41) is 13.9. The van der Waals surface area contributed by atoms with Gasteiger partial charge in [-0.25, -0.2) is 9.50 Å². The number of ether oxygens (including phenoxy) is 2. The van der Waals surface area contributed by atoms with Gasteiger partial charge in [-0.3, -0.25) is 4.79 Å². The molecule has 0 aliphatic carbocycles. The third-order valence-corrected chi connectivity index (χ3v) is 5.97. The third-order valence-electron chi connectivity index (χ3n) is 5.97. The maximum Gasteiger partial charge on any atom is 0.298 e. The lowest BCUT2D eigenvalue weighted by Gasteiger charge is -2.34. The summed E-state index contributed by atoms with van der Waals surface area (Å²) in [7, 11) is 0. The SMILES string of the molecule is C#CC(=O)N1CCN(c2ccc(-c3cc(OCC4COC4)cn4ncc(C#N)c34)cn2)CC1. The fraction of sp³-hybridized carbons (Fsp3) is 0.333. The number of aromatic nitrogens is 3. The summed E-state index contributed by atoms with van der Waals surface area (Å²) < 4.78 is 12.9. The number of pyridine rings is 2. The van der Waals surface area contributed by atoms with Crippen molar-refractivity contribution < 1.29 is 14.3 Å². The van der Waals surface area contributed by atoms with Crippen molar-refractivity contribution in [3.8, 4) is 35.3 Å². The van der Waals surface area contributed by atoms with E-state index in [0.29, 0.717) is 68.7 Å². The number of rotatable bonds is 5. The largest absolute Gasteiger partial charge is 0.491 e. The second-order valence-electron chi connectivity index (χ2n) is 8.10. The van der Waals surface area contributed by atoms with Crippen LogP contribution < -0.4 is 9.64 Å². The van der Waals surface area contributed by atoms with Gasteiger partial charge in [0.05, 0.1) is 43.3 Å². The summed E-state index contributed by atoms with van der Waals surface area (Å²) in [6.45, 7) is 4.47. The first-order valence-electron chi connectivity index (χ1n) is 10.7. The second kappa shape index (κ2) is 8.81. The van der Waals surface area contributed by atoms with Crippen LogP contribution in [0.4, 0.5) is 5.82 Å². The molecule has 9 heteroatoms. The summed E-state index contributed by atoms with van der Waals surface area (Å²) >= 11 is 0. The highest BCUT2D eigenvalue weighted by Crippen LogP contribution is 2.31. The molecular formula is C24H22N6O3. The number of carbonyl (C=O) groups is 1. The van der Waals surface area contributed by atoms with Crippen molar-refractivity contribution in [2.24, 2.45) is 5.92 Å². The van der Waals surface area contributed by atoms with Gasteiger partial charge in [-0.15, -0.1) is 6.42 Å². The van der Waals surface area contributed by atoms with Gasteiger partial charge in [0, 0.05) is 49.4 Å². The average molecular weight is 442 g/mol. The van der Waals surface area contributed by atoms with Crippen LogP contribution >= 0.6 is 0 Å². The first-order valence-corrected chi connectivity index (χ1v) is 10.7. The van der Waals surface area contributed by atoms with Crippen molar-refractivity contribution in [1.82, 2.24) is 19.5 Å². The van der Waals surface area contributed by atoms with Crippen LogP contribution in [0.1, 0.15) is 5.56 Å². The highest BCUT2D eigenvalue weighted by Gasteiger charge is 2.22. The molecule has 0 unspecified atom stereocenters. The summed E-state index contributed by atoms with van der Waals surface area (Å²) in [6.07, 6.45) is 10.4. The van der Waals surface area contributed by atoms with E-state index in [-0.39, 0.29) is 5.91 Å². The molecule has 166 valence electrons. The van der Waals surface area contributed by atoms with E-state index in [1.807, 2.05) is 18.2 Å². The Morgan fingerprint density at radius 2 is 2.06 bits per heavy atom. The number of hydrogen-bond acceptors (Lipinski definition) is 7. The van der Waals surface area contributed by atoms with Crippen molar-refractivity contribution in [1.29, 1.82) is 5.26 Å². The fourth-order valence-corrected chi connectivity index (χ4v) is 4.04. The highest BCUT2D eigenvalue weighted by molar-refractivity contribution is 5.93. The van der Waals surface area contributed by atoms with Crippen LogP contribution in [0.25, 0.3) is 16.6 Å². The monoisotopic (exact) mass is 442 g/mol. The molecule has 3 aromatic rings. The summed E-state index contributed by atoms with van der Waals surface area (Å²) in [4.78, 5) is 20.1. The predicted molar refractivity (Wildman–Crippen MR) is 121 cm³/mol. The van der Waals surface area contributed by atoms with Gasteiger partial charge in [-0.1, -0.05) is 0 Å². The molecule has 2 fully saturated rings. The molecule has 1 amide bonds. The molecule has 33 heavy (non-hydrogen) atoms. The number of nitrogens with zero attached hydrogens (tertiary/aromatic N) is 6. The standard InChI is InChI=1S/C24H22N6O3/c1-2-23(31)29-7-5-28(6-8-29)22-4-3-18(11-26-22)21-9-20(33-16-17-14-32-15-17)13-30-24(21)19(10-25)12-27-30/h1,3-4,9,11-13,17H,5-8,14-16H2. The number of anilines is 1. The van der Waals surface area contributed by atoms with Crippen molar-refractivity contribution in [2.75, 3.05) is 50.9 Å². The average Bonchev–Trinajstić information content (AvgIpc) is 3.25. The molecule has 0 N–H and O–H groups in total. The van der Waals surface area contributed by atoms with Crippen LogP contribution in [0.3, 0.4) is 0 Å². The van der Waals surface area contributed by atoms with E-state index in [2.05, 4.69) is 27.0 Å². The van der Waals surface area contributed by atoms with Crippen molar-refractivity contribution >= 4 is 17.2 Å². The van der Waals surface area contributed by atoms with Gasteiger partial charge in [0.1, 0.15) is 17.6 Å². The van der Waals surface area contributed by atoms with E-state index in [1.165, 1.54) is 0 Å². The number of terminal acetylenes is 1. The topological polar surface area (TPSA) is 96.0 Å². The zero-order valence-electron chi connectivity index (χ0n) is 18.0. The number of piperazine rings is 1. The Balaban J connectivity index is 1.40. The zero-order valence-corrected chi connectivity index (χ0v) is 18.0. The van der Waals surface area contributed by atoms with Gasteiger partial charge >= 0.3 is 0 Å². The minimum atomic E-state index is -0.275. The lowest BCUT2D eigenvalue weighted by Crippen LogP contribution is -2.48. The third kappa shape index (κ3) is 4.07. The maximum absolute atomic E-state index is 11.7. The minimum Gasteiger partial charge on any atom is -0.491 e. The Hall–Kier alpha value is -4.08. The predicted octanol–water partition coefficient (Wildman–Crippen LogP) is 1.57. The normalized spacial score (nSPS) is 16.2. The Morgan fingerprint density at radius 1 is 1.24 bits per heavy atom. The van der Waals surface area contributed by atoms with Gasteiger partial charge in [0.15, 0.2) is 0 Å². The lowest BCUT2D eigenvalue weighted by molar-refractivity contribution is -0.125. The summed E-state index contributed by atoms with van der Waals surface area (Å²) in [5.41, 5.74) is 2.89. The molecule has 5 heterocycles. The van der Waals surface area contributed by atoms with Gasteiger partial charge in [-0.05, 0) is 24.1 Å².